The first kappa shape index (κ1) is 12.2. The first-order chi connectivity index (χ1) is 9.06. The summed E-state index contributed by atoms with van der Waals surface area (Å²) in [6.45, 7) is 4.73. The highest BCUT2D eigenvalue weighted by Crippen LogP contribution is 2.21. The predicted molar refractivity (Wildman–Crippen MR) is 76.2 cm³/mol. The van der Waals surface area contributed by atoms with Crippen molar-refractivity contribution in [3.05, 3.63) is 21.8 Å². The third-order valence-corrected chi connectivity index (χ3v) is 4.16. The molecule has 2 N–H and O–H groups in total. The number of thiazole rings is 1. The minimum atomic E-state index is 0.541. The monoisotopic (exact) mass is 276 g/mol. The lowest BCUT2D eigenvalue weighted by atomic mass is 10.4. The van der Waals surface area contributed by atoms with Crippen LogP contribution in [0.2, 0.25) is 0 Å². The lowest BCUT2D eigenvalue weighted by Gasteiger charge is -2.05. The summed E-state index contributed by atoms with van der Waals surface area (Å²) in [6.07, 6.45) is 0.860. The molecule has 0 saturated carbocycles. The molecule has 0 aromatic carbocycles. The molecule has 19 heavy (non-hydrogen) atoms. The van der Waals surface area contributed by atoms with Gasteiger partial charge >= 0.3 is 0 Å². The molecule has 0 fully saturated rings. The summed E-state index contributed by atoms with van der Waals surface area (Å²) in [7, 11) is 1.92. The summed E-state index contributed by atoms with van der Waals surface area (Å²) >= 11 is 1.68. The topological polar surface area (TPSA) is 74.6 Å². The lowest BCUT2D eigenvalue weighted by Crippen LogP contribution is -2.08. The third-order valence-electron chi connectivity index (χ3n) is 3.14. The van der Waals surface area contributed by atoms with E-state index in [1.807, 2.05) is 30.1 Å². The zero-order valence-electron chi connectivity index (χ0n) is 11.2. The van der Waals surface area contributed by atoms with E-state index in [1.165, 1.54) is 0 Å². The van der Waals surface area contributed by atoms with E-state index in [0.29, 0.717) is 5.95 Å². The molecule has 0 aliphatic rings. The van der Waals surface area contributed by atoms with Crippen LogP contribution in [0.3, 0.4) is 0 Å². The fraction of sp³-hybridized carbons (Fsp3) is 0.417. The summed E-state index contributed by atoms with van der Waals surface area (Å²) in [4.78, 5) is 8.86. The van der Waals surface area contributed by atoms with Gasteiger partial charge in [0, 0.05) is 31.1 Å². The molecule has 0 saturated heterocycles. The zero-order chi connectivity index (χ0) is 13.6. The van der Waals surface area contributed by atoms with Crippen LogP contribution in [-0.4, -0.2) is 24.3 Å². The van der Waals surface area contributed by atoms with Crippen molar-refractivity contribution in [2.45, 2.75) is 26.8 Å². The van der Waals surface area contributed by atoms with Crippen LogP contribution >= 0.6 is 11.3 Å². The van der Waals surface area contributed by atoms with Crippen molar-refractivity contribution in [1.29, 1.82) is 0 Å². The van der Waals surface area contributed by atoms with Gasteiger partial charge in [-0.25, -0.2) is 9.97 Å². The summed E-state index contributed by atoms with van der Waals surface area (Å²) in [6, 6.07) is 0. The molecule has 0 spiro atoms. The summed E-state index contributed by atoms with van der Waals surface area (Å²) < 4.78 is 3.84. The van der Waals surface area contributed by atoms with Crippen molar-refractivity contribution in [3.63, 3.8) is 0 Å². The highest BCUT2D eigenvalue weighted by atomic mass is 32.1. The van der Waals surface area contributed by atoms with Crippen LogP contribution in [0.5, 0.6) is 0 Å². The first-order valence-electron chi connectivity index (χ1n) is 6.12. The molecule has 0 atom stereocenters. The Hall–Kier alpha value is -1.89. The quantitative estimate of drug-likeness (QED) is 0.789. The molecule has 3 aromatic heterocycles. The number of rotatable bonds is 3. The Morgan fingerprint density at radius 2 is 2.11 bits per heavy atom. The first-order valence-corrected chi connectivity index (χ1v) is 7.00. The van der Waals surface area contributed by atoms with Crippen molar-refractivity contribution in [1.82, 2.24) is 24.3 Å². The number of imidazole rings is 1. The van der Waals surface area contributed by atoms with E-state index in [1.54, 1.807) is 11.3 Å². The Morgan fingerprint density at radius 3 is 2.79 bits per heavy atom. The van der Waals surface area contributed by atoms with Gasteiger partial charge in [0.05, 0.1) is 10.7 Å². The predicted octanol–water partition coefficient (Wildman–Crippen LogP) is 1.67. The molecular weight excluding hydrogens is 260 g/mol. The van der Waals surface area contributed by atoms with Crippen molar-refractivity contribution < 1.29 is 0 Å². The number of nitrogen functional groups attached to an aromatic ring is 1. The van der Waals surface area contributed by atoms with Gasteiger partial charge in [-0.2, -0.15) is 5.10 Å². The summed E-state index contributed by atoms with van der Waals surface area (Å²) in [5.41, 5.74) is 9.84. The maximum absolute atomic E-state index is 6.00. The van der Waals surface area contributed by atoms with Crippen LogP contribution in [0.1, 0.15) is 16.4 Å². The summed E-state index contributed by atoms with van der Waals surface area (Å²) in [5.74, 6) is 0.541. The Kier molecular flexibility index (Phi) is 2.78. The van der Waals surface area contributed by atoms with Crippen molar-refractivity contribution >= 4 is 28.4 Å². The molecule has 0 aliphatic heterocycles. The van der Waals surface area contributed by atoms with E-state index >= 15 is 0 Å². The second kappa shape index (κ2) is 4.34. The van der Waals surface area contributed by atoms with Crippen molar-refractivity contribution in [2.75, 3.05) is 5.73 Å². The molecule has 0 amide bonds. The molecule has 0 radical (unpaired) electrons. The van der Waals surface area contributed by atoms with E-state index < -0.39 is 0 Å². The number of aromatic nitrogens is 5. The average molecular weight is 276 g/mol. The van der Waals surface area contributed by atoms with Crippen LogP contribution in [0.4, 0.5) is 5.95 Å². The molecule has 3 rings (SSSR count). The van der Waals surface area contributed by atoms with E-state index in [-0.39, 0.29) is 0 Å². The average Bonchev–Trinajstić information content (AvgIpc) is 2.97. The Morgan fingerprint density at radius 1 is 1.32 bits per heavy atom. The number of fused-ring (bicyclic) bond motifs is 1. The highest BCUT2D eigenvalue weighted by molar-refractivity contribution is 7.09. The van der Waals surface area contributed by atoms with E-state index in [4.69, 9.17) is 5.73 Å². The molecule has 3 aromatic rings. The Bertz CT molecular complexity index is 735. The number of hydrogen-bond donors (Lipinski definition) is 1. The molecule has 100 valence electrons. The molecule has 3 heterocycles. The SMILES string of the molecule is Cc1csc(CCn2c(N)nc3c(C)nn(C)c32)n1. The number of nitrogens with two attached hydrogens (primary N) is 1. The lowest BCUT2D eigenvalue weighted by molar-refractivity contribution is 0.677. The molecule has 6 nitrogen and oxygen atoms in total. The van der Waals surface area contributed by atoms with Gasteiger partial charge in [0.2, 0.25) is 5.95 Å². The van der Waals surface area contributed by atoms with Crippen LogP contribution in [0, 0.1) is 13.8 Å². The van der Waals surface area contributed by atoms with Gasteiger partial charge in [0.15, 0.2) is 5.65 Å². The highest BCUT2D eigenvalue weighted by Gasteiger charge is 2.15. The minimum Gasteiger partial charge on any atom is -0.369 e. The fourth-order valence-electron chi connectivity index (χ4n) is 2.30. The second-order valence-electron chi connectivity index (χ2n) is 4.64. The van der Waals surface area contributed by atoms with E-state index in [0.717, 1.165) is 40.5 Å². The van der Waals surface area contributed by atoms with Crippen LogP contribution in [0.15, 0.2) is 5.38 Å². The number of nitrogens with zero attached hydrogens (tertiary/aromatic N) is 5. The minimum absolute atomic E-state index is 0.541. The Balaban J connectivity index is 1.94. The summed E-state index contributed by atoms with van der Waals surface area (Å²) in [5, 5.41) is 7.56. The van der Waals surface area contributed by atoms with E-state index in [9.17, 15) is 0 Å². The van der Waals surface area contributed by atoms with E-state index in [2.05, 4.69) is 20.4 Å². The van der Waals surface area contributed by atoms with Gasteiger partial charge in [-0.15, -0.1) is 11.3 Å². The van der Waals surface area contributed by atoms with Gasteiger partial charge in [-0.3, -0.25) is 9.25 Å². The molecule has 0 aliphatic carbocycles. The fourth-order valence-corrected chi connectivity index (χ4v) is 3.06. The van der Waals surface area contributed by atoms with Crippen LogP contribution in [0.25, 0.3) is 11.2 Å². The molecular formula is C12H16N6S. The normalized spacial score (nSPS) is 11.5. The van der Waals surface area contributed by atoms with Gasteiger partial charge in [0.25, 0.3) is 0 Å². The maximum Gasteiger partial charge on any atom is 0.202 e. The standard InChI is InChI=1S/C12H16N6S/c1-7-6-19-9(14-7)4-5-18-11-10(15-12(18)13)8(2)16-17(11)3/h6H,4-5H2,1-3H3,(H2,13,15). The van der Waals surface area contributed by atoms with Gasteiger partial charge < -0.3 is 5.73 Å². The zero-order valence-corrected chi connectivity index (χ0v) is 12.0. The molecule has 7 heteroatoms. The van der Waals surface area contributed by atoms with Crippen molar-refractivity contribution in [2.24, 2.45) is 7.05 Å². The molecule has 0 bridgehead atoms. The number of anilines is 1. The van der Waals surface area contributed by atoms with Crippen LogP contribution in [-0.2, 0) is 20.0 Å². The van der Waals surface area contributed by atoms with Crippen LogP contribution < -0.4 is 5.73 Å². The smallest absolute Gasteiger partial charge is 0.202 e. The number of hydrogen-bond acceptors (Lipinski definition) is 5. The third kappa shape index (κ3) is 1.99. The van der Waals surface area contributed by atoms with Crippen molar-refractivity contribution in [3.8, 4) is 0 Å². The maximum atomic E-state index is 6.00. The second-order valence-corrected chi connectivity index (χ2v) is 5.58. The largest absolute Gasteiger partial charge is 0.369 e. The van der Waals surface area contributed by atoms with Gasteiger partial charge in [-0.1, -0.05) is 0 Å². The van der Waals surface area contributed by atoms with Gasteiger partial charge in [0.1, 0.15) is 5.52 Å². The number of aryl methyl sites for hydroxylation is 5. The van der Waals surface area contributed by atoms with Gasteiger partial charge in [-0.05, 0) is 13.8 Å². The Labute approximate surface area is 114 Å². The molecule has 0 unspecified atom stereocenters.